The molecule has 1 aromatic rings. The van der Waals surface area contributed by atoms with Gasteiger partial charge in [0.05, 0.1) is 5.01 Å². The molecule has 20 heavy (non-hydrogen) atoms. The third kappa shape index (κ3) is 4.03. The Hall–Kier alpha value is -1.43. The van der Waals surface area contributed by atoms with Gasteiger partial charge in [0.1, 0.15) is 11.7 Å². The summed E-state index contributed by atoms with van der Waals surface area (Å²) in [5.74, 6) is -1.57. The van der Waals surface area contributed by atoms with E-state index in [2.05, 4.69) is 10.3 Å². The molecule has 0 aromatic carbocycles. The highest BCUT2D eigenvalue weighted by Gasteiger charge is 2.27. The molecule has 0 unspecified atom stereocenters. The quantitative estimate of drug-likeness (QED) is 0.876. The molecular formula is C14H22N2O3S. The summed E-state index contributed by atoms with van der Waals surface area (Å²) in [4.78, 5) is 27.6. The maximum absolute atomic E-state index is 12.1. The normalized spacial score (nSPS) is 14.7. The summed E-state index contributed by atoms with van der Waals surface area (Å²) in [5, 5.41) is 14.3. The van der Waals surface area contributed by atoms with Gasteiger partial charge in [0, 0.05) is 10.8 Å². The van der Waals surface area contributed by atoms with Crippen LogP contribution < -0.4 is 5.32 Å². The number of hydrogen-bond donors (Lipinski definition) is 2. The van der Waals surface area contributed by atoms with Crippen molar-refractivity contribution in [2.45, 2.75) is 52.5 Å². The Morgan fingerprint density at radius 3 is 2.45 bits per heavy atom. The summed E-state index contributed by atoms with van der Waals surface area (Å²) >= 11 is 1.42. The van der Waals surface area contributed by atoms with Gasteiger partial charge in [-0.15, -0.1) is 11.3 Å². The number of aliphatic carboxylic acids is 1. The number of thiazole rings is 1. The number of carbonyl (C=O) groups is 2. The van der Waals surface area contributed by atoms with E-state index in [-0.39, 0.29) is 17.0 Å². The van der Waals surface area contributed by atoms with Gasteiger partial charge < -0.3 is 10.4 Å². The molecule has 0 saturated carbocycles. The molecule has 5 nitrogen and oxygen atoms in total. The van der Waals surface area contributed by atoms with E-state index < -0.39 is 17.9 Å². The van der Waals surface area contributed by atoms with E-state index in [9.17, 15) is 14.7 Å². The fraction of sp³-hybridized carbons (Fsp3) is 0.643. The van der Waals surface area contributed by atoms with E-state index in [1.807, 2.05) is 27.7 Å². The van der Waals surface area contributed by atoms with Gasteiger partial charge in [-0.25, -0.2) is 9.78 Å². The first kappa shape index (κ1) is 16.6. The van der Waals surface area contributed by atoms with Crippen molar-refractivity contribution in [3.05, 3.63) is 16.1 Å². The number of nitrogens with zero attached hydrogens (tertiary/aromatic N) is 1. The van der Waals surface area contributed by atoms with Crippen LogP contribution in [0.5, 0.6) is 0 Å². The van der Waals surface area contributed by atoms with Crippen LogP contribution in [0.1, 0.15) is 56.5 Å². The number of carboxylic acids is 1. The predicted molar refractivity (Wildman–Crippen MR) is 79.2 cm³/mol. The van der Waals surface area contributed by atoms with Crippen LogP contribution in [0.25, 0.3) is 0 Å². The summed E-state index contributed by atoms with van der Waals surface area (Å²) in [6.07, 6.45) is 0.682. The Kier molecular flexibility index (Phi) is 5.28. The zero-order valence-electron chi connectivity index (χ0n) is 12.6. The number of carboxylic acid groups (broad SMARTS) is 1. The molecule has 0 spiro atoms. The van der Waals surface area contributed by atoms with Gasteiger partial charge in [0.15, 0.2) is 0 Å². The van der Waals surface area contributed by atoms with Gasteiger partial charge in [0.2, 0.25) is 0 Å². The van der Waals surface area contributed by atoms with Crippen LogP contribution in [0.3, 0.4) is 0 Å². The summed E-state index contributed by atoms with van der Waals surface area (Å²) < 4.78 is 0. The zero-order chi connectivity index (χ0) is 15.5. The highest BCUT2D eigenvalue weighted by molar-refractivity contribution is 7.10. The first-order chi connectivity index (χ1) is 9.16. The monoisotopic (exact) mass is 298 g/mol. The lowest BCUT2D eigenvalue weighted by molar-refractivity contribution is -0.140. The average Bonchev–Trinajstić information content (AvgIpc) is 2.83. The highest BCUT2D eigenvalue weighted by Crippen LogP contribution is 2.25. The molecule has 0 aliphatic carbocycles. The van der Waals surface area contributed by atoms with Crippen LogP contribution in [-0.4, -0.2) is 28.0 Å². The number of nitrogens with one attached hydrogen (secondary N) is 1. The molecule has 1 aromatic heterocycles. The molecule has 1 heterocycles. The van der Waals surface area contributed by atoms with Crippen molar-refractivity contribution in [3.8, 4) is 0 Å². The molecule has 2 atom stereocenters. The van der Waals surface area contributed by atoms with Crippen molar-refractivity contribution >= 4 is 23.2 Å². The van der Waals surface area contributed by atoms with Crippen molar-refractivity contribution in [1.82, 2.24) is 10.3 Å². The number of carbonyl (C=O) groups excluding carboxylic acids is 1. The Morgan fingerprint density at radius 1 is 1.45 bits per heavy atom. The Bertz CT molecular complexity index is 491. The molecule has 112 valence electrons. The number of rotatable bonds is 5. The maximum Gasteiger partial charge on any atom is 0.326 e. The predicted octanol–water partition coefficient (Wildman–Crippen LogP) is 2.67. The fourth-order valence-electron chi connectivity index (χ4n) is 1.62. The van der Waals surface area contributed by atoms with Gasteiger partial charge in [-0.2, -0.15) is 0 Å². The van der Waals surface area contributed by atoms with Crippen LogP contribution >= 0.6 is 11.3 Å². The zero-order valence-corrected chi connectivity index (χ0v) is 13.4. The van der Waals surface area contributed by atoms with Crippen LogP contribution in [0.2, 0.25) is 0 Å². The van der Waals surface area contributed by atoms with E-state index in [1.54, 1.807) is 12.3 Å². The van der Waals surface area contributed by atoms with Gasteiger partial charge in [-0.05, 0) is 5.92 Å². The van der Waals surface area contributed by atoms with Crippen LogP contribution in [0.4, 0.5) is 0 Å². The molecule has 1 amide bonds. The van der Waals surface area contributed by atoms with E-state index in [4.69, 9.17) is 0 Å². The Morgan fingerprint density at radius 2 is 2.05 bits per heavy atom. The third-order valence-corrected chi connectivity index (χ3v) is 4.41. The van der Waals surface area contributed by atoms with Crippen molar-refractivity contribution in [1.29, 1.82) is 0 Å². The lowest BCUT2D eigenvalue weighted by Gasteiger charge is -2.19. The first-order valence-electron chi connectivity index (χ1n) is 6.66. The molecule has 0 aliphatic heterocycles. The number of amides is 1. The van der Waals surface area contributed by atoms with Crippen LogP contribution in [0.15, 0.2) is 5.38 Å². The van der Waals surface area contributed by atoms with Gasteiger partial charge in [-0.3, -0.25) is 4.79 Å². The molecular weight excluding hydrogens is 276 g/mol. The first-order valence-corrected chi connectivity index (χ1v) is 7.54. The molecule has 6 heteroatoms. The second-order valence-corrected chi connectivity index (χ2v) is 6.82. The fourth-order valence-corrected chi connectivity index (χ4v) is 2.51. The van der Waals surface area contributed by atoms with Gasteiger partial charge in [0.25, 0.3) is 5.91 Å². The van der Waals surface area contributed by atoms with E-state index in [0.29, 0.717) is 6.42 Å². The van der Waals surface area contributed by atoms with Crippen molar-refractivity contribution in [2.24, 2.45) is 5.92 Å². The van der Waals surface area contributed by atoms with Crippen LogP contribution in [0, 0.1) is 5.92 Å². The standard InChI is InChI=1S/C14H22N2O3S/c1-6-8(2)10(12(18)19)16-11(17)9-7-20-13(15-9)14(3,4)5/h7-8,10H,6H2,1-5H3,(H,16,17)(H,18,19)/t8-,10-/m0/s1. The molecule has 0 radical (unpaired) electrons. The maximum atomic E-state index is 12.1. The second kappa shape index (κ2) is 6.35. The lowest BCUT2D eigenvalue weighted by Crippen LogP contribution is -2.45. The van der Waals surface area contributed by atoms with E-state index >= 15 is 0 Å². The minimum Gasteiger partial charge on any atom is -0.480 e. The van der Waals surface area contributed by atoms with Crippen molar-refractivity contribution < 1.29 is 14.7 Å². The van der Waals surface area contributed by atoms with Gasteiger partial charge >= 0.3 is 5.97 Å². The van der Waals surface area contributed by atoms with Crippen molar-refractivity contribution in [3.63, 3.8) is 0 Å². The SMILES string of the molecule is CC[C@H](C)[C@H](NC(=O)c1csc(C(C)(C)C)n1)C(=O)O. The average molecular weight is 298 g/mol. The largest absolute Gasteiger partial charge is 0.480 e. The number of aromatic nitrogens is 1. The highest BCUT2D eigenvalue weighted by atomic mass is 32.1. The molecule has 0 fully saturated rings. The van der Waals surface area contributed by atoms with E-state index in [0.717, 1.165) is 5.01 Å². The van der Waals surface area contributed by atoms with Gasteiger partial charge in [-0.1, -0.05) is 41.0 Å². The van der Waals surface area contributed by atoms with Crippen molar-refractivity contribution in [2.75, 3.05) is 0 Å². The minimum atomic E-state index is -1.01. The number of hydrogen-bond acceptors (Lipinski definition) is 4. The molecule has 0 bridgehead atoms. The Balaban J connectivity index is 2.85. The summed E-state index contributed by atoms with van der Waals surface area (Å²) in [7, 11) is 0. The summed E-state index contributed by atoms with van der Waals surface area (Å²) in [6, 6.07) is -0.882. The molecule has 0 aliphatic rings. The van der Waals surface area contributed by atoms with Crippen LogP contribution in [-0.2, 0) is 10.2 Å². The Labute approximate surface area is 123 Å². The molecule has 2 N–H and O–H groups in total. The van der Waals surface area contributed by atoms with E-state index in [1.165, 1.54) is 11.3 Å². The minimum absolute atomic E-state index is 0.119. The summed E-state index contributed by atoms with van der Waals surface area (Å²) in [5.41, 5.74) is 0.168. The summed E-state index contributed by atoms with van der Waals surface area (Å²) in [6.45, 7) is 9.76. The molecule has 0 saturated heterocycles. The smallest absolute Gasteiger partial charge is 0.326 e. The molecule has 1 rings (SSSR count). The topological polar surface area (TPSA) is 79.3 Å². The third-order valence-electron chi connectivity index (χ3n) is 3.14. The second-order valence-electron chi connectivity index (χ2n) is 5.96. The lowest BCUT2D eigenvalue weighted by atomic mass is 9.98.